The van der Waals surface area contributed by atoms with Crippen LogP contribution in [0, 0.1) is 0 Å². The van der Waals surface area contributed by atoms with Gasteiger partial charge in [-0.2, -0.15) is 0 Å². The second-order valence-corrected chi connectivity index (χ2v) is 4.89. The minimum Gasteiger partial charge on any atom is -0.0651 e. The quantitative estimate of drug-likeness (QED) is 0.622. The number of benzene rings is 1. The standard InChI is InChI=1S/C16H26/c1-5-8-14-10-15(9-6-2)12-16(11-14)13(4)7-3/h10-13H,5-9H2,1-4H3. The molecule has 0 heterocycles. The lowest BCUT2D eigenvalue weighted by atomic mass is 9.92. The van der Waals surface area contributed by atoms with Crippen LogP contribution in [0.25, 0.3) is 0 Å². The van der Waals surface area contributed by atoms with E-state index in [0.29, 0.717) is 5.92 Å². The van der Waals surface area contributed by atoms with Crippen molar-refractivity contribution < 1.29 is 0 Å². The highest BCUT2D eigenvalue weighted by atomic mass is 14.1. The predicted octanol–water partition coefficient (Wildman–Crippen LogP) is 5.11. The number of hydrogen-bond acceptors (Lipinski definition) is 0. The molecule has 90 valence electrons. The average molecular weight is 218 g/mol. The fourth-order valence-electron chi connectivity index (χ4n) is 2.18. The Hall–Kier alpha value is -0.780. The van der Waals surface area contributed by atoms with Crippen LogP contribution in [-0.4, -0.2) is 0 Å². The number of rotatable bonds is 6. The van der Waals surface area contributed by atoms with E-state index in [9.17, 15) is 0 Å². The molecule has 1 rings (SSSR count). The molecular formula is C16H26. The van der Waals surface area contributed by atoms with Gasteiger partial charge in [-0.25, -0.2) is 0 Å². The Morgan fingerprint density at radius 2 is 1.38 bits per heavy atom. The van der Waals surface area contributed by atoms with E-state index in [1.54, 1.807) is 0 Å². The van der Waals surface area contributed by atoms with Crippen molar-refractivity contribution in [2.75, 3.05) is 0 Å². The number of hydrogen-bond donors (Lipinski definition) is 0. The molecule has 0 amide bonds. The highest BCUT2D eigenvalue weighted by Gasteiger charge is 2.06. The fourth-order valence-corrected chi connectivity index (χ4v) is 2.18. The van der Waals surface area contributed by atoms with Crippen LogP contribution in [0.2, 0.25) is 0 Å². The van der Waals surface area contributed by atoms with E-state index in [1.807, 2.05) is 0 Å². The third-order valence-electron chi connectivity index (χ3n) is 3.33. The van der Waals surface area contributed by atoms with E-state index in [-0.39, 0.29) is 0 Å². The first kappa shape index (κ1) is 13.3. The Balaban J connectivity index is 2.97. The summed E-state index contributed by atoms with van der Waals surface area (Å²) in [6.07, 6.45) is 6.17. The molecule has 0 radical (unpaired) electrons. The molecule has 0 heteroatoms. The summed E-state index contributed by atoms with van der Waals surface area (Å²) in [4.78, 5) is 0. The topological polar surface area (TPSA) is 0 Å². The van der Waals surface area contributed by atoms with E-state index in [1.165, 1.54) is 48.8 Å². The van der Waals surface area contributed by atoms with Crippen molar-refractivity contribution in [2.24, 2.45) is 0 Å². The molecule has 16 heavy (non-hydrogen) atoms. The zero-order valence-corrected chi connectivity index (χ0v) is 11.3. The molecule has 1 aromatic rings. The van der Waals surface area contributed by atoms with Gasteiger partial charge in [0, 0.05) is 0 Å². The zero-order valence-electron chi connectivity index (χ0n) is 11.3. The Morgan fingerprint density at radius 3 is 1.75 bits per heavy atom. The maximum atomic E-state index is 2.41. The molecule has 1 aromatic carbocycles. The Bertz CT molecular complexity index is 288. The van der Waals surface area contributed by atoms with Gasteiger partial charge in [0.25, 0.3) is 0 Å². The Kier molecular flexibility index (Phi) is 5.59. The van der Waals surface area contributed by atoms with Gasteiger partial charge in [0.1, 0.15) is 0 Å². The SMILES string of the molecule is CCCc1cc(CCC)cc(C(C)CC)c1. The van der Waals surface area contributed by atoms with Crippen LogP contribution in [0.3, 0.4) is 0 Å². The van der Waals surface area contributed by atoms with E-state index >= 15 is 0 Å². The molecule has 0 aliphatic rings. The van der Waals surface area contributed by atoms with Crippen molar-refractivity contribution in [1.29, 1.82) is 0 Å². The van der Waals surface area contributed by atoms with Gasteiger partial charge >= 0.3 is 0 Å². The van der Waals surface area contributed by atoms with E-state index in [0.717, 1.165) is 0 Å². The molecule has 1 unspecified atom stereocenters. The maximum Gasteiger partial charge on any atom is -0.0193 e. The number of aryl methyl sites for hydroxylation is 2. The molecule has 1 atom stereocenters. The zero-order chi connectivity index (χ0) is 12.0. The van der Waals surface area contributed by atoms with Crippen LogP contribution < -0.4 is 0 Å². The minimum absolute atomic E-state index is 0.701. The summed E-state index contributed by atoms with van der Waals surface area (Å²) in [7, 11) is 0. The summed E-state index contributed by atoms with van der Waals surface area (Å²) in [6, 6.07) is 7.23. The van der Waals surface area contributed by atoms with E-state index in [4.69, 9.17) is 0 Å². The van der Waals surface area contributed by atoms with Crippen LogP contribution in [0.1, 0.15) is 69.6 Å². The highest BCUT2D eigenvalue weighted by Crippen LogP contribution is 2.23. The third kappa shape index (κ3) is 3.66. The molecule has 0 saturated heterocycles. The lowest BCUT2D eigenvalue weighted by Crippen LogP contribution is -1.97. The lowest BCUT2D eigenvalue weighted by Gasteiger charge is -2.13. The van der Waals surface area contributed by atoms with Gasteiger partial charge in [-0.1, -0.05) is 58.7 Å². The molecular weight excluding hydrogens is 192 g/mol. The molecule has 0 N–H and O–H groups in total. The van der Waals surface area contributed by atoms with Gasteiger partial charge in [0.2, 0.25) is 0 Å². The molecule has 0 saturated carbocycles. The summed E-state index contributed by atoms with van der Waals surface area (Å²) >= 11 is 0. The molecule has 0 fully saturated rings. The van der Waals surface area contributed by atoms with Gasteiger partial charge in [-0.05, 0) is 41.9 Å². The summed E-state index contributed by atoms with van der Waals surface area (Å²) in [6.45, 7) is 9.13. The van der Waals surface area contributed by atoms with Crippen molar-refractivity contribution >= 4 is 0 Å². The fraction of sp³-hybridized carbons (Fsp3) is 0.625. The van der Waals surface area contributed by atoms with Crippen LogP contribution in [-0.2, 0) is 12.8 Å². The first-order chi connectivity index (χ1) is 7.71. The van der Waals surface area contributed by atoms with Crippen molar-refractivity contribution in [3.63, 3.8) is 0 Å². The monoisotopic (exact) mass is 218 g/mol. The molecule has 0 aromatic heterocycles. The first-order valence-corrected chi connectivity index (χ1v) is 6.83. The summed E-state index contributed by atoms with van der Waals surface area (Å²) in [5.74, 6) is 0.701. The van der Waals surface area contributed by atoms with Crippen molar-refractivity contribution in [3.05, 3.63) is 34.9 Å². The second kappa shape index (κ2) is 6.73. The van der Waals surface area contributed by atoms with Crippen LogP contribution in [0.5, 0.6) is 0 Å². The summed E-state index contributed by atoms with van der Waals surface area (Å²) < 4.78 is 0. The van der Waals surface area contributed by atoms with Crippen LogP contribution in [0.15, 0.2) is 18.2 Å². The Labute approximate surface area is 101 Å². The van der Waals surface area contributed by atoms with Gasteiger partial charge in [-0.3, -0.25) is 0 Å². The molecule has 0 aliphatic carbocycles. The van der Waals surface area contributed by atoms with Gasteiger partial charge in [0.15, 0.2) is 0 Å². The average Bonchev–Trinajstić information content (AvgIpc) is 2.28. The summed E-state index contributed by atoms with van der Waals surface area (Å²) in [5.41, 5.74) is 4.60. The predicted molar refractivity (Wildman–Crippen MR) is 73.1 cm³/mol. The maximum absolute atomic E-state index is 2.41. The van der Waals surface area contributed by atoms with Crippen molar-refractivity contribution in [1.82, 2.24) is 0 Å². The van der Waals surface area contributed by atoms with Crippen LogP contribution in [0.4, 0.5) is 0 Å². The smallest absolute Gasteiger partial charge is 0.0193 e. The summed E-state index contributed by atoms with van der Waals surface area (Å²) in [5, 5.41) is 0. The highest BCUT2D eigenvalue weighted by molar-refractivity contribution is 5.32. The lowest BCUT2D eigenvalue weighted by molar-refractivity contribution is 0.728. The molecule has 0 aliphatic heterocycles. The van der Waals surface area contributed by atoms with E-state index in [2.05, 4.69) is 45.9 Å². The molecule has 0 bridgehead atoms. The first-order valence-electron chi connectivity index (χ1n) is 6.83. The van der Waals surface area contributed by atoms with E-state index < -0.39 is 0 Å². The third-order valence-corrected chi connectivity index (χ3v) is 3.33. The second-order valence-electron chi connectivity index (χ2n) is 4.89. The largest absolute Gasteiger partial charge is 0.0651 e. The normalized spacial score (nSPS) is 12.8. The molecule has 0 spiro atoms. The van der Waals surface area contributed by atoms with Crippen molar-refractivity contribution in [2.45, 2.75) is 65.7 Å². The van der Waals surface area contributed by atoms with Crippen molar-refractivity contribution in [3.8, 4) is 0 Å². The Morgan fingerprint density at radius 1 is 0.875 bits per heavy atom. The van der Waals surface area contributed by atoms with Gasteiger partial charge in [-0.15, -0.1) is 0 Å². The molecule has 0 nitrogen and oxygen atoms in total. The van der Waals surface area contributed by atoms with Gasteiger partial charge in [0.05, 0.1) is 0 Å². The minimum atomic E-state index is 0.701. The van der Waals surface area contributed by atoms with Gasteiger partial charge < -0.3 is 0 Å². The van der Waals surface area contributed by atoms with Crippen LogP contribution >= 0.6 is 0 Å².